The highest BCUT2D eigenvalue weighted by atomic mass is 16.6. The SMILES string of the molecule is CCCNC(=NCc1cccc([N+](=O)[O-])c1)NCC. The maximum Gasteiger partial charge on any atom is 0.269 e. The lowest BCUT2D eigenvalue weighted by molar-refractivity contribution is -0.384. The molecule has 0 saturated carbocycles. The second-order valence-corrected chi connectivity index (χ2v) is 4.05. The highest BCUT2D eigenvalue weighted by Crippen LogP contribution is 2.13. The number of nitro benzene ring substituents is 1. The average molecular weight is 264 g/mol. The lowest BCUT2D eigenvalue weighted by atomic mass is 10.2. The lowest BCUT2D eigenvalue weighted by Gasteiger charge is -2.10. The standard InChI is InChI=1S/C13H20N4O2/c1-3-8-15-13(14-4-2)16-10-11-6-5-7-12(9-11)17(18)19/h5-7,9H,3-4,8,10H2,1-2H3,(H2,14,15,16). The van der Waals surface area contributed by atoms with Gasteiger partial charge in [-0.25, -0.2) is 4.99 Å². The van der Waals surface area contributed by atoms with Gasteiger partial charge in [0.2, 0.25) is 0 Å². The number of guanidine groups is 1. The molecule has 6 nitrogen and oxygen atoms in total. The molecule has 0 amide bonds. The Balaban J connectivity index is 2.70. The van der Waals surface area contributed by atoms with E-state index < -0.39 is 4.92 Å². The molecule has 0 saturated heterocycles. The van der Waals surface area contributed by atoms with Gasteiger partial charge in [0.25, 0.3) is 5.69 Å². The van der Waals surface area contributed by atoms with Gasteiger partial charge in [0.15, 0.2) is 5.96 Å². The van der Waals surface area contributed by atoms with Gasteiger partial charge in [-0.15, -0.1) is 0 Å². The first-order valence-electron chi connectivity index (χ1n) is 6.42. The Hall–Kier alpha value is -2.11. The van der Waals surface area contributed by atoms with Crippen LogP contribution in [0.1, 0.15) is 25.8 Å². The van der Waals surface area contributed by atoms with Crippen molar-refractivity contribution < 1.29 is 4.92 Å². The molecule has 1 aromatic carbocycles. The number of benzene rings is 1. The second kappa shape index (κ2) is 8.07. The summed E-state index contributed by atoms with van der Waals surface area (Å²) in [6.07, 6.45) is 1.02. The van der Waals surface area contributed by atoms with Crippen molar-refractivity contribution in [2.75, 3.05) is 13.1 Å². The molecule has 0 aliphatic carbocycles. The lowest BCUT2D eigenvalue weighted by Crippen LogP contribution is -2.37. The van der Waals surface area contributed by atoms with Crippen LogP contribution in [0.15, 0.2) is 29.3 Å². The molecule has 2 N–H and O–H groups in total. The average Bonchev–Trinajstić information content (AvgIpc) is 2.42. The molecule has 0 fully saturated rings. The Morgan fingerprint density at radius 1 is 1.37 bits per heavy atom. The summed E-state index contributed by atoms with van der Waals surface area (Å²) in [5.41, 5.74) is 0.919. The highest BCUT2D eigenvalue weighted by molar-refractivity contribution is 5.79. The number of non-ortho nitro benzene ring substituents is 1. The maximum absolute atomic E-state index is 10.7. The first-order valence-corrected chi connectivity index (χ1v) is 6.42. The Morgan fingerprint density at radius 2 is 2.16 bits per heavy atom. The van der Waals surface area contributed by atoms with Crippen LogP contribution < -0.4 is 10.6 Å². The van der Waals surface area contributed by atoms with Gasteiger partial charge in [0.05, 0.1) is 11.5 Å². The third kappa shape index (κ3) is 5.37. The van der Waals surface area contributed by atoms with E-state index in [0.29, 0.717) is 6.54 Å². The number of hydrogen-bond acceptors (Lipinski definition) is 3. The van der Waals surface area contributed by atoms with Crippen LogP contribution in [0.2, 0.25) is 0 Å². The van der Waals surface area contributed by atoms with Crippen molar-refractivity contribution in [1.29, 1.82) is 0 Å². The summed E-state index contributed by atoms with van der Waals surface area (Å²) < 4.78 is 0. The van der Waals surface area contributed by atoms with E-state index in [1.54, 1.807) is 12.1 Å². The quantitative estimate of drug-likeness (QED) is 0.357. The number of nitrogens with zero attached hydrogens (tertiary/aromatic N) is 2. The van der Waals surface area contributed by atoms with Crippen molar-refractivity contribution in [3.05, 3.63) is 39.9 Å². The van der Waals surface area contributed by atoms with Crippen molar-refractivity contribution in [2.24, 2.45) is 4.99 Å². The molecule has 0 aliphatic rings. The van der Waals surface area contributed by atoms with E-state index >= 15 is 0 Å². The first kappa shape index (κ1) is 14.9. The van der Waals surface area contributed by atoms with Crippen LogP contribution in [0.3, 0.4) is 0 Å². The van der Waals surface area contributed by atoms with Crippen molar-refractivity contribution in [3.8, 4) is 0 Å². The zero-order valence-electron chi connectivity index (χ0n) is 11.3. The van der Waals surface area contributed by atoms with Gasteiger partial charge in [0, 0.05) is 25.2 Å². The minimum atomic E-state index is -0.395. The van der Waals surface area contributed by atoms with Gasteiger partial charge >= 0.3 is 0 Å². The molecular formula is C13H20N4O2. The van der Waals surface area contributed by atoms with Crippen LogP contribution in [0.5, 0.6) is 0 Å². The van der Waals surface area contributed by atoms with Crippen molar-refractivity contribution in [1.82, 2.24) is 10.6 Å². The van der Waals surface area contributed by atoms with Crippen molar-refractivity contribution >= 4 is 11.6 Å². The van der Waals surface area contributed by atoms with Gasteiger partial charge < -0.3 is 10.6 Å². The minimum Gasteiger partial charge on any atom is -0.357 e. The summed E-state index contributed by atoms with van der Waals surface area (Å²) in [7, 11) is 0. The molecule has 0 radical (unpaired) electrons. The minimum absolute atomic E-state index is 0.0965. The Labute approximate surface area is 113 Å². The first-order chi connectivity index (χ1) is 9.17. The zero-order valence-corrected chi connectivity index (χ0v) is 11.3. The van der Waals surface area contributed by atoms with Gasteiger partial charge in [-0.2, -0.15) is 0 Å². The van der Waals surface area contributed by atoms with E-state index in [-0.39, 0.29) is 5.69 Å². The van der Waals surface area contributed by atoms with Crippen LogP contribution in [-0.4, -0.2) is 24.0 Å². The second-order valence-electron chi connectivity index (χ2n) is 4.05. The van der Waals surface area contributed by atoms with E-state index in [9.17, 15) is 10.1 Å². The zero-order chi connectivity index (χ0) is 14.1. The van der Waals surface area contributed by atoms with Crippen LogP contribution in [-0.2, 0) is 6.54 Å². The maximum atomic E-state index is 10.7. The van der Waals surface area contributed by atoms with Crippen LogP contribution in [0.4, 0.5) is 5.69 Å². The predicted molar refractivity (Wildman–Crippen MR) is 76.2 cm³/mol. The van der Waals surface area contributed by atoms with Crippen LogP contribution >= 0.6 is 0 Å². The number of nitro groups is 1. The molecule has 19 heavy (non-hydrogen) atoms. The van der Waals surface area contributed by atoms with Crippen molar-refractivity contribution in [3.63, 3.8) is 0 Å². The summed E-state index contributed by atoms with van der Waals surface area (Å²) >= 11 is 0. The molecule has 1 rings (SSSR count). The summed E-state index contributed by atoms with van der Waals surface area (Å²) in [6, 6.07) is 6.54. The molecule has 1 aromatic rings. The van der Waals surface area contributed by atoms with E-state index in [4.69, 9.17) is 0 Å². The summed E-state index contributed by atoms with van der Waals surface area (Å²) in [5.74, 6) is 0.732. The summed E-state index contributed by atoms with van der Waals surface area (Å²) in [5, 5.41) is 17.0. The summed E-state index contributed by atoms with van der Waals surface area (Å²) in [4.78, 5) is 14.7. The Kier molecular flexibility index (Phi) is 6.35. The van der Waals surface area contributed by atoms with Crippen LogP contribution in [0, 0.1) is 10.1 Å². The normalized spacial score (nSPS) is 11.2. The van der Waals surface area contributed by atoms with E-state index in [1.807, 2.05) is 13.0 Å². The molecular weight excluding hydrogens is 244 g/mol. The van der Waals surface area contributed by atoms with Gasteiger partial charge in [0.1, 0.15) is 0 Å². The largest absolute Gasteiger partial charge is 0.357 e. The van der Waals surface area contributed by atoms with E-state index in [1.165, 1.54) is 6.07 Å². The number of rotatable bonds is 6. The molecule has 0 bridgehead atoms. The fourth-order valence-corrected chi connectivity index (χ4v) is 1.52. The smallest absolute Gasteiger partial charge is 0.269 e. The van der Waals surface area contributed by atoms with Gasteiger partial charge in [-0.3, -0.25) is 10.1 Å². The Bertz CT molecular complexity index is 446. The Morgan fingerprint density at radius 3 is 2.79 bits per heavy atom. The molecule has 0 heterocycles. The molecule has 0 unspecified atom stereocenters. The fourth-order valence-electron chi connectivity index (χ4n) is 1.52. The van der Waals surface area contributed by atoms with Gasteiger partial charge in [-0.1, -0.05) is 19.1 Å². The molecule has 0 spiro atoms. The van der Waals surface area contributed by atoms with E-state index in [2.05, 4.69) is 22.5 Å². The van der Waals surface area contributed by atoms with Crippen molar-refractivity contribution in [2.45, 2.75) is 26.8 Å². The molecule has 104 valence electrons. The fraction of sp³-hybridized carbons (Fsp3) is 0.462. The topological polar surface area (TPSA) is 79.6 Å². The third-order valence-corrected chi connectivity index (χ3v) is 2.43. The monoisotopic (exact) mass is 264 g/mol. The molecule has 0 atom stereocenters. The third-order valence-electron chi connectivity index (χ3n) is 2.43. The van der Waals surface area contributed by atoms with E-state index in [0.717, 1.165) is 31.0 Å². The molecule has 6 heteroatoms. The number of hydrogen-bond donors (Lipinski definition) is 2. The van der Waals surface area contributed by atoms with Crippen LogP contribution in [0.25, 0.3) is 0 Å². The predicted octanol–water partition coefficient (Wildman–Crippen LogP) is 2.06. The number of nitrogens with one attached hydrogen (secondary N) is 2. The molecule has 0 aromatic heterocycles. The highest BCUT2D eigenvalue weighted by Gasteiger charge is 2.05. The summed E-state index contributed by atoms with van der Waals surface area (Å²) in [6.45, 7) is 6.12. The number of aliphatic imine (C=N–C) groups is 1. The van der Waals surface area contributed by atoms with Gasteiger partial charge in [-0.05, 0) is 18.9 Å². The molecule has 0 aliphatic heterocycles.